The van der Waals surface area contributed by atoms with Gasteiger partial charge in [0, 0.05) is 37.1 Å². The first-order valence-electron chi connectivity index (χ1n) is 11.6. The van der Waals surface area contributed by atoms with E-state index in [0.29, 0.717) is 34.9 Å². The number of aromatic nitrogens is 1. The number of thiazole rings is 1. The molecule has 0 spiro atoms. The summed E-state index contributed by atoms with van der Waals surface area (Å²) in [5.41, 5.74) is 0.525. The van der Waals surface area contributed by atoms with E-state index in [1.165, 1.54) is 23.5 Å². The van der Waals surface area contributed by atoms with Crippen molar-refractivity contribution in [1.82, 2.24) is 14.8 Å². The number of hydrogen-bond donors (Lipinski definition) is 0. The summed E-state index contributed by atoms with van der Waals surface area (Å²) in [4.78, 5) is 21.0. The van der Waals surface area contributed by atoms with Crippen LogP contribution in [0.2, 0.25) is 0 Å². The molecule has 1 aromatic heterocycles. The smallest absolute Gasteiger partial charge is 0.337 e. The second kappa shape index (κ2) is 12.3. The summed E-state index contributed by atoms with van der Waals surface area (Å²) in [6.07, 6.45) is -2.76. The van der Waals surface area contributed by atoms with E-state index in [1.807, 2.05) is 18.7 Å². The highest BCUT2D eigenvalue weighted by molar-refractivity contribution is 7.09. The van der Waals surface area contributed by atoms with Gasteiger partial charge in [0.05, 0.1) is 12.1 Å². The summed E-state index contributed by atoms with van der Waals surface area (Å²) in [7, 11) is 0. The van der Waals surface area contributed by atoms with Crippen LogP contribution >= 0.6 is 11.3 Å². The number of amides is 1. The molecule has 0 saturated carbocycles. The Hall–Kier alpha value is -2.78. The second-order valence-corrected chi connectivity index (χ2v) is 9.30. The molecule has 0 atom stereocenters. The number of nitrogens with zero attached hydrogens (tertiary/aromatic N) is 3. The van der Waals surface area contributed by atoms with Crippen molar-refractivity contribution < 1.29 is 22.4 Å². The maximum absolute atomic E-state index is 14.4. The van der Waals surface area contributed by atoms with Crippen LogP contribution in [0.15, 0.2) is 53.9 Å². The Balaban J connectivity index is 1.83. The zero-order valence-electron chi connectivity index (χ0n) is 19.8. The van der Waals surface area contributed by atoms with Gasteiger partial charge in [0.2, 0.25) is 0 Å². The first-order chi connectivity index (χ1) is 16.7. The van der Waals surface area contributed by atoms with Gasteiger partial charge in [-0.3, -0.25) is 9.69 Å². The number of hydrogen-bond acceptors (Lipinski definition) is 4. The van der Waals surface area contributed by atoms with Crippen LogP contribution in [0.25, 0.3) is 0 Å². The Morgan fingerprint density at radius 2 is 1.69 bits per heavy atom. The molecule has 0 unspecified atom stereocenters. The van der Waals surface area contributed by atoms with E-state index in [9.17, 15) is 22.4 Å². The maximum atomic E-state index is 14.4. The first kappa shape index (κ1) is 26.8. The molecule has 0 saturated heterocycles. The topological polar surface area (TPSA) is 36.4 Å². The Morgan fingerprint density at radius 1 is 0.971 bits per heavy atom. The molecule has 2 aromatic carbocycles. The molecule has 9 heteroatoms. The van der Waals surface area contributed by atoms with Crippen molar-refractivity contribution >= 4 is 17.2 Å². The van der Waals surface area contributed by atoms with Crippen LogP contribution in [0.1, 0.15) is 58.9 Å². The van der Waals surface area contributed by atoms with Gasteiger partial charge in [-0.2, -0.15) is 13.2 Å². The molecule has 4 nitrogen and oxygen atoms in total. The highest BCUT2D eigenvalue weighted by Gasteiger charge is 2.30. The third-order valence-corrected chi connectivity index (χ3v) is 6.25. The van der Waals surface area contributed by atoms with Gasteiger partial charge in [0.1, 0.15) is 16.5 Å². The SMILES string of the molecule is CCCN(CCC)C(=O)c1csc(CN(Cc2cccc(C(F)(F)F)c2)Cc2ccccc2F)n1. The zero-order chi connectivity index (χ0) is 25.4. The predicted octanol–water partition coefficient (Wildman–Crippen LogP) is 6.77. The van der Waals surface area contributed by atoms with Crippen LogP contribution in [-0.4, -0.2) is 33.8 Å². The quantitative estimate of drug-likeness (QED) is 0.269. The Bertz CT molecular complexity index is 1110. The molecule has 0 radical (unpaired) electrons. The lowest BCUT2D eigenvalue weighted by molar-refractivity contribution is -0.137. The van der Waals surface area contributed by atoms with Crippen molar-refractivity contribution in [2.24, 2.45) is 0 Å². The molecule has 188 valence electrons. The van der Waals surface area contributed by atoms with Gasteiger partial charge in [0.25, 0.3) is 5.91 Å². The van der Waals surface area contributed by atoms with Crippen molar-refractivity contribution in [2.45, 2.75) is 52.5 Å². The number of benzene rings is 2. The average molecular weight is 508 g/mol. The van der Waals surface area contributed by atoms with Gasteiger partial charge in [-0.1, -0.05) is 50.2 Å². The van der Waals surface area contributed by atoms with Gasteiger partial charge in [-0.25, -0.2) is 9.37 Å². The number of halogens is 4. The molecule has 3 rings (SSSR count). The highest BCUT2D eigenvalue weighted by atomic mass is 32.1. The average Bonchev–Trinajstić information content (AvgIpc) is 3.28. The number of alkyl halides is 3. The second-order valence-electron chi connectivity index (χ2n) is 8.35. The number of carbonyl (C=O) groups excluding carboxylic acids is 1. The van der Waals surface area contributed by atoms with Crippen LogP contribution in [0.5, 0.6) is 0 Å². The fourth-order valence-corrected chi connectivity index (χ4v) is 4.64. The Kier molecular flexibility index (Phi) is 9.40. The van der Waals surface area contributed by atoms with E-state index >= 15 is 0 Å². The van der Waals surface area contributed by atoms with Crippen LogP contribution in [0, 0.1) is 5.82 Å². The maximum Gasteiger partial charge on any atom is 0.416 e. The van der Waals surface area contributed by atoms with Crippen LogP contribution in [0.3, 0.4) is 0 Å². The number of carbonyl (C=O) groups is 1. The summed E-state index contributed by atoms with van der Waals surface area (Å²) >= 11 is 1.32. The van der Waals surface area contributed by atoms with E-state index < -0.39 is 11.7 Å². The van der Waals surface area contributed by atoms with E-state index in [0.717, 1.165) is 25.0 Å². The minimum Gasteiger partial charge on any atom is -0.337 e. The molecular weight excluding hydrogens is 478 g/mol. The predicted molar refractivity (Wildman–Crippen MR) is 129 cm³/mol. The van der Waals surface area contributed by atoms with E-state index in [2.05, 4.69) is 4.98 Å². The standard InChI is InChI=1S/C26H29F4N3OS/c1-3-12-33(13-4-2)25(34)23-18-35-24(31-23)17-32(16-20-9-5-6-11-22(20)27)15-19-8-7-10-21(14-19)26(28,29)30/h5-11,14,18H,3-4,12-13,15-17H2,1-2H3. The van der Waals surface area contributed by atoms with Crippen LogP contribution < -0.4 is 0 Å². The molecule has 0 bridgehead atoms. The molecule has 0 fully saturated rings. The molecule has 1 amide bonds. The molecule has 0 aliphatic heterocycles. The minimum absolute atomic E-state index is 0.130. The Morgan fingerprint density at radius 3 is 2.34 bits per heavy atom. The molecule has 0 N–H and O–H groups in total. The largest absolute Gasteiger partial charge is 0.416 e. The third-order valence-electron chi connectivity index (χ3n) is 5.42. The first-order valence-corrected chi connectivity index (χ1v) is 12.4. The summed E-state index contributed by atoms with van der Waals surface area (Å²) in [5.74, 6) is -0.513. The molecule has 1 heterocycles. The van der Waals surface area contributed by atoms with Gasteiger partial charge in [-0.15, -0.1) is 11.3 Å². The lowest BCUT2D eigenvalue weighted by Crippen LogP contribution is -2.32. The van der Waals surface area contributed by atoms with Gasteiger partial charge in [0.15, 0.2) is 0 Å². The molecule has 0 aliphatic carbocycles. The van der Waals surface area contributed by atoms with Crippen LogP contribution in [0.4, 0.5) is 17.6 Å². The van der Waals surface area contributed by atoms with Gasteiger partial charge >= 0.3 is 6.18 Å². The van der Waals surface area contributed by atoms with Crippen molar-refractivity contribution in [1.29, 1.82) is 0 Å². The lowest BCUT2D eigenvalue weighted by Gasteiger charge is -2.22. The van der Waals surface area contributed by atoms with Crippen molar-refractivity contribution in [3.63, 3.8) is 0 Å². The molecular formula is C26H29F4N3OS. The monoisotopic (exact) mass is 507 g/mol. The lowest BCUT2D eigenvalue weighted by atomic mass is 10.1. The minimum atomic E-state index is -4.44. The summed E-state index contributed by atoms with van der Waals surface area (Å²) in [5, 5.41) is 2.35. The van der Waals surface area contributed by atoms with Crippen LogP contribution in [-0.2, 0) is 25.8 Å². The Labute approximate surface area is 207 Å². The van der Waals surface area contributed by atoms with E-state index in [4.69, 9.17) is 0 Å². The summed E-state index contributed by atoms with van der Waals surface area (Å²) in [6, 6.07) is 11.4. The van der Waals surface area contributed by atoms with Gasteiger partial charge < -0.3 is 4.90 Å². The molecule has 3 aromatic rings. The fraction of sp³-hybridized carbons (Fsp3) is 0.385. The van der Waals surface area contributed by atoms with Gasteiger partial charge in [-0.05, 0) is 30.5 Å². The fourth-order valence-electron chi connectivity index (χ4n) is 3.83. The van der Waals surface area contributed by atoms with E-state index in [-0.39, 0.29) is 31.4 Å². The summed E-state index contributed by atoms with van der Waals surface area (Å²) in [6.45, 7) is 5.93. The van der Waals surface area contributed by atoms with Crippen molar-refractivity contribution in [3.05, 3.63) is 87.1 Å². The number of rotatable bonds is 11. The normalized spacial score (nSPS) is 11.7. The van der Waals surface area contributed by atoms with Crippen molar-refractivity contribution in [3.8, 4) is 0 Å². The highest BCUT2D eigenvalue weighted by Crippen LogP contribution is 2.30. The van der Waals surface area contributed by atoms with E-state index in [1.54, 1.807) is 34.5 Å². The third kappa shape index (κ3) is 7.60. The zero-order valence-corrected chi connectivity index (χ0v) is 20.6. The molecule has 0 aliphatic rings. The van der Waals surface area contributed by atoms with Crippen molar-refractivity contribution in [2.75, 3.05) is 13.1 Å². The molecule has 35 heavy (non-hydrogen) atoms. The summed E-state index contributed by atoms with van der Waals surface area (Å²) < 4.78 is 53.9.